The van der Waals surface area contributed by atoms with E-state index in [0.717, 1.165) is 17.8 Å². The third kappa shape index (κ3) is 3.37. The van der Waals surface area contributed by atoms with E-state index in [1.165, 1.54) is 57.8 Å². The second-order valence-corrected chi connectivity index (χ2v) is 6.51. The van der Waals surface area contributed by atoms with Crippen LogP contribution in [0.1, 0.15) is 64.7 Å². The molecule has 0 N–H and O–H groups in total. The van der Waals surface area contributed by atoms with E-state index in [0.29, 0.717) is 5.38 Å². The summed E-state index contributed by atoms with van der Waals surface area (Å²) in [7, 11) is 0. The summed E-state index contributed by atoms with van der Waals surface area (Å²) in [6.45, 7) is 2.41. The fourth-order valence-corrected chi connectivity index (χ4v) is 3.91. The van der Waals surface area contributed by atoms with Gasteiger partial charge in [-0.1, -0.05) is 39.0 Å². The smallest absolute Gasteiger partial charge is 0.0338 e. The van der Waals surface area contributed by atoms with Crippen molar-refractivity contribution in [1.29, 1.82) is 0 Å². The summed E-state index contributed by atoms with van der Waals surface area (Å²) in [6, 6.07) is 0. The van der Waals surface area contributed by atoms with Gasteiger partial charge in [-0.05, 0) is 43.4 Å². The first-order chi connectivity index (χ1) is 7.25. The molecule has 15 heavy (non-hydrogen) atoms. The van der Waals surface area contributed by atoms with Gasteiger partial charge >= 0.3 is 0 Å². The van der Waals surface area contributed by atoms with Gasteiger partial charge in [-0.3, -0.25) is 0 Å². The lowest BCUT2D eigenvalue weighted by Gasteiger charge is -2.32. The molecule has 1 heteroatoms. The van der Waals surface area contributed by atoms with Gasteiger partial charge in [-0.2, -0.15) is 0 Å². The maximum atomic E-state index is 6.36. The molecule has 2 unspecified atom stereocenters. The molecule has 0 spiro atoms. The number of hydrogen-bond donors (Lipinski definition) is 0. The highest BCUT2D eigenvalue weighted by Gasteiger charge is 2.28. The van der Waals surface area contributed by atoms with E-state index >= 15 is 0 Å². The molecule has 2 fully saturated rings. The molecular weight excluding hydrogens is 204 g/mol. The average Bonchev–Trinajstić information content (AvgIpc) is 2.44. The zero-order valence-corrected chi connectivity index (χ0v) is 10.8. The molecule has 0 aliphatic heterocycles. The summed E-state index contributed by atoms with van der Waals surface area (Å²) >= 11 is 6.36. The van der Waals surface area contributed by atoms with E-state index in [4.69, 9.17) is 11.6 Å². The molecule has 0 heterocycles. The van der Waals surface area contributed by atoms with Crippen molar-refractivity contribution in [2.75, 3.05) is 0 Å². The van der Waals surface area contributed by atoms with E-state index in [1.54, 1.807) is 0 Å². The van der Waals surface area contributed by atoms with Crippen molar-refractivity contribution in [1.82, 2.24) is 0 Å². The highest BCUT2D eigenvalue weighted by molar-refractivity contribution is 6.20. The van der Waals surface area contributed by atoms with Gasteiger partial charge in [0.25, 0.3) is 0 Å². The molecule has 0 radical (unpaired) electrons. The molecule has 2 aliphatic rings. The first-order valence-corrected chi connectivity index (χ1v) is 7.33. The van der Waals surface area contributed by atoms with Gasteiger partial charge in [0.1, 0.15) is 0 Å². The highest BCUT2D eigenvalue weighted by Crippen LogP contribution is 2.40. The zero-order valence-electron chi connectivity index (χ0n) is 10.1. The van der Waals surface area contributed by atoms with Crippen molar-refractivity contribution in [2.45, 2.75) is 70.1 Å². The average molecular weight is 229 g/mol. The fourth-order valence-electron chi connectivity index (χ4n) is 3.52. The Kier molecular flexibility index (Phi) is 4.37. The van der Waals surface area contributed by atoms with Crippen molar-refractivity contribution in [3.8, 4) is 0 Å². The van der Waals surface area contributed by atoms with Gasteiger partial charge < -0.3 is 0 Å². The highest BCUT2D eigenvalue weighted by atomic mass is 35.5. The molecule has 0 saturated heterocycles. The third-order valence-electron chi connectivity index (χ3n) is 4.63. The normalized spacial score (nSPS) is 43.6. The first-order valence-electron chi connectivity index (χ1n) is 6.89. The quantitative estimate of drug-likeness (QED) is 0.438. The van der Waals surface area contributed by atoms with Crippen LogP contribution in [0.25, 0.3) is 0 Å². The Morgan fingerprint density at radius 2 is 1.47 bits per heavy atom. The Morgan fingerprint density at radius 3 is 2.20 bits per heavy atom. The van der Waals surface area contributed by atoms with Crippen LogP contribution in [0, 0.1) is 17.8 Å². The summed E-state index contributed by atoms with van der Waals surface area (Å²) in [6.07, 6.45) is 12.7. The van der Waals surface area contributed by atoms with Crippen molar-refractivity contribution in [3.63, 3.8) is 0 Å². The first kappa shape index (κ1) is 11.8. The van der Waals surface area contributed by atoms with Crippen molar-refractivity contribution >= 4 is 11.6 Å². The van der Waals surface area contributed by atoms with E-state index in [2.05, 4.69) is 6.92 Å². The molecule has 0 bridgehead atoms. The van der Waals surface area contributed by atoms with Gasteiger partial charge in [0.2, 0.25) is 0 Å². The van der Waals surface area contributed by atoms with Crippen LogP contribution in [0.15, 0.2) is 0 Å². The van der Waals surface area contributed by atoms with Crippen LogP contribution in [0.5, 0.6) is 0 Å². The topological polar surface area (TPSA) is 0 Å². The Bertz CT molecular complexity index is 182. The number of alkyl halides is 1. The minimum Gasteiger partial charge on any atom is -0.123 e. The minimum absolute atomic E-state index is 0.483. The van der Waals surface area contributed by atoms with E-state index in [9.17, 15) is 0 Å². The molecule has 2 rings (SSSR count). The molecule has 2 saturated carbocycles. The lowest BCUT2D eigenvalue weighted by Crippen LogP contribution is -2.22. The van der Waals surface area contributed by atoms with Gasteiger partial charge in [0, 0.05) is 5.38 Å². The molecule has 88 valence electrons. The Morgan fingerprint density at radius 1 is 0.800 bits per heavy atom. The predicted molar refractivity (Wildman–Crippen MR) is 67.3 cm³/mol. The van der Waals surface area contributed by atoms with Crippen LogP contribution < -0.4 is 0 Å². The van der Waals surface area contributed by atoms with Gasteiger partial charge in [-0.25, -0.2) is 0 Å². The Hall–Kier alpha value is 0.290. The number of hydrogen-bond acceptors (Lipinski definition) is 0. The van der Waals surface area contributed by atoms with E-state index < -0.39 is 0 Å². The minimum atomic E-state index is 0.483. The molecule has 0 aromatic carbocycles. The fraction of sp³-hybridized carbons (Fsp3) is 1.00. The summed E-state index contributed by atoms with van der Waals surface area (Å²) in [4.78, 5) is 0. The summed E-state index contributed by atoms with van der Waals surface area (Å²) < 4.78 is 0. The lowest BCUT2D eigenvalue weighted by atomic mass is 9.74. The maximum absolute atomic E-state index is 6.36. The molecule has 2 aliphatic carbocycles. The number of rotatable bonds is 1. The molecular formula is C14H25Cl. The van der Waals surface area contributed by atoms with Crippen LogP contribution in [0.2, 0.25) is 0 Å². The van der Waals surface area contributed by atoms with Crippen LogP contribution in [-0.4, -0.2) is 5.38 Å². The standard InChI is InChI=1S/C14H25Cl/c1-11-6-8-12(9-7-11)13-4-2-3-5-14(15)10-13/h11-14H,2-10H2,1H3. The lowest BCUT2D eigenvalue weighted by molar-refractivity contribution is 0.197. The molecule has 0 nitrogen and oxygen atoms in total. The second kappa shape index (κ2) is 5.57. The van der Waals surface area contributed by atoms with Crippen LogP contribution >= 0.6 is 11.6 Å². The van der Waals surface area contributed by atoms with Crippen molar-refractivity contribution in [3.05, 3.63) is 0 Å². The van der Waals surface area contributed by atoms with Gasteiger partial charge in [0.15, 0.2) is 0 Å². The van der Waals surface area contributed by atoms with Gasteiger partial charge in [-0.15, -0.1) is 11.6 Å². The Labute approximate surface area is 99.8 Å². The van der Waals surface area contributed by atoms with E-state index in [-0.39, 0.29) is 0 Å². The molecule has 0 amide bonds. The largest absolute Gasteiger partial charge is 0.123 e. The maximum Gasteiger partial charge on any atom is 0.0338 e. The zero-order chi connectivity index (χ0) is 10.7. The van der Waals surface area contributed by atoms with Gasteiger partial charge in [0.05, 0.1) is 0 Å². The third-order valence-corrected chi connectivity index (χ3v) is 5.02. The van der Waals surface area contributed by atoms with Crippen molar-refractivity contribution in [2.24, 2.45) is 17.8 Å². The molecule has 0 aromatic rings. The molecule has 0 aromatic heterocycles. The predicted octanol–water partition coefficient (Wildman–Crippen LogP) is 5.00. The summed E-state index contributed by atoms with van der Waals surface area (Å²) in [5.41, 5.74) is 0. The monoisotopic (exact) mass is 228 g/mol. The Balaban J connectivity index is 1.85. The molecule has 2 atom stereocenters. The van der Waals surface area contributed by atoms with Crippen LogP contribution in [0.3, 0.4) is 0 Å². The SMILES string of the molecule is CC1CCC(C2CCCCC(Cl)C2)CC1. The summed E-state index contributed by atoms with van der Waals surface area (Å²) in [5.74, 6) is 2.96. The van der Waals surface area contributed by atoms with E-state index in [1.807, 2.05) is 0 Å². The van der Waals surface area contributed by atoms with Crippen LogP contribution in [-0.2, 0) is 0 Å². The number of halogens is 1. The summed E-state index contributed by atoms with van der Waals surface area (Å²) in [5, 5.41) is 0.483. The van der Waals surface area contributed by atoms with Crippen LogP contribution in [0.4, 0.5) is 0 Å². The van der Waals surface area contributed by atoms with Crippen molar-refractivity contribution < 1.29 is 0 Å². The second-order valence-electron chi connectivity index (χ2n) is 5.90.